The Morgan fingerprint density at radius 1 is 1.32 bits per heavy atom. The molecule has 1 aromatic carbocycles. The van der Waals surface area contributed by atoms with Crippen molar-refractivity contribution in [2.24, 2.45) is 0 Å². The number of nitriles is 2. The first-order valence-electron chi connectivity index (χ1n) is 7.25. The van der Waals surface area contributed by atoms with Gasteiger partial charge in [0.05, 0.1) is 12.4 Å². The molecular formula is C17H14ClN4O2S+. The van der Waals surface area contributed by atoms with Crippen LogP contribution in [0.4, 0.5) is 5.82 Å². The molecule has 0 aliphatic rings. The highest BCUT2D eigenvalue weighted by molar-refractivity contribution is 7.99. The summed E-state index contributed by atoms with van der Waals surface area (Å²) in [6.07, 6.45) is 0. The van der Waals surface area contributed by atoms with Crippen molar-refractivity contribution in [3.8, 4) is 23.3 Å². The van der Waals surface area contributed by atoms with Crippen molar-refractivity contribution in [2.75, 3.05) is 18.1 Å². The third kappa shape index (κ3) is 4.03. The van der Waals surface area contributed by atoms with Crippen molar-refractivity contribution in [2.45, 2.75) is 11.9 Å². The van der Waals surface area contributed by atoms with E-state index in [0.29, 0.717) is 21.2 Å². The van der Waals surface area contributed by atoms with E-state index in [1.807, 2.05) is 6.07 Å². The van der Waals surface area contributed by atoms with Crippen molar-refractivity contribution in [3.63, 3.8) is 0 Å². The number of thioether (sulfide) groups is 1. The van der Waals surface area contributed by atoms with Gasteiger partial charge >= 0.3 is 5.97 Å². The van der Waals surface area contributed by atoms with Crippen LogP contribution in [0.15, 0.2) is 29.3 Å². The molecule has 25 heavy (non-hydrogen) atoms. The number of H-pyrrole nitrogens is 1. The Labute approximate surface area is 154 Å². The fourth-order valence-electron chi connectivity index (χ4n) is 2.22. The zero-order chi connectivity index (χ0) is 18.4. The number of esters is 1. The number of aromatic amines is 1. The molecule has 0 unspecified atom stereocenters. The van der Waals surface area contributed by atoms with E-state index in [1.54, 1.807) is 31.2 Å². The van der Waals surface area contributed by atoms with Crippen molar-refractivity contribution in [3.05, 3.63) is 40.4 Å². The molecular weight excluding hydrogens is 360 g/mol. The molecule has 0 saturated heterocycles. The van der Waals surface area contributed by atoms with Gasteiger partial charge in [-0.1, -0.05) is 41.6 Å². The first kappa shape index (κ1) is 18.6. The zero-order valence-corrected chi connectivity index (χ0v) is 14.9. The monoisotopic (exact) mass is 373 g/mol. The summed E-state index contributed by atoms with van der Waals surface area (Å²) in [4.78, 5) is 14.4. The van der Waals surface area contributed by atoms with Gasteiger partial charge in [-0.05, 0) is 13.0 Å². The minimum atomic E-state index is -0.410. The Hall–Kier alpha value is -2.74. The smallest absolute Gasteiger partial charge is 0.316 e. The summed E-state index contributed by atoms with van der Waals surface area (Å²) < 4.78 is 4.88. The molecule has 1 aromatic heterocycles. The lowest BCUT2D eigenvalue weighted by Gasteiger charge is -2.11. The van der Waals surface area contributed by atoms with Crippen LogP contribution in [0.1, 0.15) is 18.1 Å². The van der Waals surface area contributed by atoms with Gasteiger partial charge in [0.1, 0.15) is 23.3 Å². The van der Waals surface area contributed by atoms with Crippen LogP contribution in [0, 0.1) is 22.7 Å². The first-order valence-corrected chi connectivity index (χ1v) is 8.62. The largest absolute Gasteiger partial charge is 0.465 e. The maximum Gasteiger partial charge on any atom is 0.316 e. The summed E-state index contributed by atoms with van der Waals surface area (Å²) in [7, 11) is 0. The Morgan fingerprint density at radius 2 is 2.00 bits per heavy atom. The number of carbonyl (C=O) groups excluding carboxylic acids is 1. The molecule has 1 heterocycles. The fraction of sp³-hybridized carbons (Fsp3) is 0.176. The number of nitrogen functional groups attached to an aromatic ring is 1. The summed E-state index contributed by atoms with van der Waals surface area (Å²) >= 11 is 7.32. The Balaban J connectivity index is 2.62. The summed E-state index contributed by atoms with van der Waals surface area (Å²) in [5, 5.41) is 19.9. The van der Waals surface area contributed by atoms with Crippen molar-refractivity contribution < 1.29 is 14.5 Å². The molecule has 8 heteroatoms. The number of nitrogens with one attached hydrogen (secondary N) is 1. The number of hydrogen-bond acceptors (Lipinski definition) is 6. The number of halogens is 1. The molecule has 0 saturated carbocycles. The van der Waals surface area contributed by atoms with Crippen molar-refractivity contribution in [1.29, 1.82) is 10.5 Å². The number of anilines is 1. The predicted molar refractivity (Wildman–Crippen MR) is 94.6 cm³/mol. The van der Waals surface area contributed by atoms with Gasteiger partial charge in [-0.3, -0.25) is 10.5 Å². The third-order valence-electron chi connectivity index (χ3n) is 3.25. The number of pyridine rings is 1. The lowest BCUT2D eigenvalue weighted by molar-refractivity contribution is -0.410. The summed E-state index contributed by atoms with van der Waals surface area (Å²) in [6, 6.07) is 11.0. The van der Waals surface area contributed by atoms with Crippen molar-refractivity contribution >= 4 is 35.1 Å². The molecule has 0 bridgehead atoms. The lowest BCUT2D eigenvalue weighted by atomic mass is 9.97. The number of aromatic nitrogens is 1. The Morgan fingerprint density at radius 3 is 2.60 bits per heavy atom. The van der Waals surface area contributed by atoms with E-state index < -0.39 is 5.97 Å². The summed E-state index contributed by atoms with van der Waals surface area (Å²) in [5.74, 6) is -0.304. The van der Waals surface area contributed by atoms with E-state index in [2.05, 4.69) is 11.1 Å². The standard InChI is InChI=1S/C17H13ClN4O2S/c1-2-24-14(23)9-25-17-12(8-20)15(11(7-19)16(21)22-17)10-5-3-4-6-13(10)18/h3-6H,2,9H2,1H3,(H2,21,22)/p+1. The second-order valence-corrected chi connectivity index (χ2v) is 6.18. The molecule has 3 N–H and O–H groups in total. The second-order valence-electron chi connectivity index (χ2n) is 4.79. The minimum absolute atomic E-state index is 0.00627. The SMILES string of the molecule is CCOC(=O)CSc1[nH+]c(N)c(C#N)c(-c2ccccc2Cl)c1C#N. The van der Waals surface area contributed by atoms with Crippen LogP contribution < -0.4 is 10.7 Å². The number of nitrogens with zero attached hydrogens (tertiary/aromatic N) is 2. The van der Waals surface area contributed by atoms with Crippen LogP contribution in [0.2, 0.25) is 5.02 Å². The lowest BCUT2D eigenvalue weighted by Crippen LogP contribution is -2.20. The van der Waals surface area contributed by atoms with Gasteiger partial charge in [0, 0.05) is 16.1 Å². The van der Waals surface area contributed by atoms with Gasteiger partial charge in [0.2, 0.25) is 0 Å². The van der Waals surface area contributed by atoms with Gasteiger partial charge in [-0.2, -0.15) is 10.5 Å². The summed E-state index contributed by atoms with van der Waals surface area (Å²) in [5.41, 5.74) is 7.15. The number of ether oxygens (including phenoxy) is 1. The summed E-state index contributed by atoms with van der Waals surface area (Å²) in [6.45, 7) is 1.99. The first-order chi connectivity index (χ1) is 12.0. The number of carbonyl (C=O) groups is 1. The molecule has 0 spiro atoms. The average Bonchev–Trinajstić information content (AvgIpc) is 2.60. The number of rotatable bonds is 5. The highest BCUT2D eigenvalue weighted by Crippen LogP contribution is 2.37. The van der Waals surface area contributed by atoms with Gasteiger partial charge in [0.25, 0.3) is 5.82 Å². The van der Waals surface area contributed by atoms with Gasteiger partial charge in [0.15, 0.2) is 5.03 Å². The fourth-order valence-corrected chi connectivity index (χ4v) is 3.27. The highest BCUT2D eigenvalue weighted by Gasteiger charge is 2.25. The zero-order valence-electron chi connectivity index (χ0n) is 13.3. The predicted octanol–water partition coefficient (Wildman–Crippen LogP) is 2.80. The maximum atomic E-state index is 11.6. The van der Waals surface area contributed by atoms with E-state index in [1.165, 1.54) is 0 Å². The number of hydrogen-bond donors (Lipinski definition) is 1. The van der Waals surface area contributed by atoms with Crippen molar-refractivity contribution in [1.82, 2.24) is 0 Å². The second kappa shape index (κ2) is 8.39. The highest BCUT2D eigenvalue weighted by atomic mass is 35.5. The molecule has 0 radical (unpaired) electrons. The van der Waals surface area contributed by atoms with E-state index in [4.69, 9.17) is 22.1 Å². The van der Waals surface area contributed by atoms with Crippen LogP contribution >= 0.6 is 23.4 Å². The van der Waals surface area contributed by atoms with Gasteiger partial charge < -0.3 is 4.74 Å². The van der Waals surface area contributed by atoms with Crippen LogP contribution in [-0.4, -0.2) is 18.3 Å². The molecule has 126 valence electrons. The van der Waals surface area contributed by atoms with Gasteiger partial charge in [-0.25, -0.2) is 4.98 Å². The number of nitrogens with two attached hydrogens (primary N) is 1. The maximum absolute atomic E-state index is 11.6. The molecule has 6 nitrogen and oxygen atoms in total. The van der Waals surface area contributed by atoms with Crippen LogP contribution in [0.25, 0.3) is 11.1 Å². The topological polar surface area (TPSA) is 114 Å². The Kier molecular flexibility index (Phi) is 6.24. The van der Waals surface area contributed by atoms with E-state index in [-0.39, 0.29) is 29.3 Å². The number of benzene rings is 1. The van der Waals surface area contributed by atoms with Crippen LogP contribution in [0.5, 0.6) is 0 Å². The molecule has 0 amide bonds. The molecule has 2 aromatic rings. The normalized spacial score (nSPS) is 9.92. The van der Waals surface area contributed by atoms with E-state index >= 15 is 0 Å². The third-order valence-corrected chi connectivity index (χ3v) is 4.56. The van der Waals surface area contributed by atoms with E-state index in [9.17, 15) is 15.3 Å². The van der Waals surface area contributed by atoms with Gasteiger partial charge in [-0.15, -0.1) is 0 Å². The van der Waals surface area contributed by atoms with E-state index in [0.717, 1.165) is 11.8 Å². The minimum Gasteiger partial charge on any atom is -0.465 e. The molecule has 0 aliphatic heterocycles. The molecule has 2 rings (SSSR count). The average molecular weight is 374 g/mol. The Bertz CT molecular complexity index is 903. The quantitative estimate of drug-likeness (QED) is 0.636. The molecule has 0 aliphatic carbocycles. The van der Waals surface area contributed by atoms with Crippen LogP contribution in [0.3, 0.4) is 0 Å². The molecule has 0 atom stereocenters. The van der Waals surface area contributed by atoms with Crippen LogP contribution in [-0.2, 0) is 9.53 Å². The molecule has 0 fully saturated rings.